The van der Waals surface area contributed by atoms with E-state index in [-0.39, 0.29) is 11.9 Å². The Balaban J connectivity index is 2.04. The number of nitrogens with zero attached hydrogens (tertiary/aromatic N) is 4. The average Bonchev–Trinajstić information content (AvgIpc) is 2.78. The molecule has 0 aliphatic carbocycles. The van der Waals surface area contributed by atoms with Gasteiger partial charge in [0.2, 0.25) is 5.91 Å². The van der Waals surface area contributed by atoms with Crippen LogP contribution in [0.25, 0.3) is 5.65 Å². The van der Waals surface area contributed by atoms with E-state index in [0.29, 0.717) is 6.54 Å². The Bertz CT molecular complexity index is 548. The predicted octanol–water partition coefficient (Wildman–Crippen LogP) is 0.296. The number of rotatable bonds is 4. The summed E-state index contributed by atoms with van der Waals surface area (Å²) in [6.45, 7) is 2.44. The smallest absolute Gasteiger partial charge is 0.238 e. The lowest BCUT2D eigenvalue weighted by Gasteiger charge is -2.17. The quantitative estimate of drug-likeness (QED) is 0.844. The lowest BCUT2D eigenvalue weighted by molar-refractivity contribution is -0.130. The Morgan fingerprint density at radius 2 is 2.28 bits per heavy atom. The third-order valence-corrected chi connectivity index (χ3v) is 2.79. The summed E-state index contributed by atoms with van der Waals surface area (Å²) >= 11 is 0. The first-order valence-corrected chi connectivity index (χ1v) is 5.80. The first-order chi connectivity index (χ1) is 8.59. The minimum atomic E-state index is -0.215. The molecule has 2 aromatic rings. The highest BCUT2D eigenvalue weighted by molar-refractivity contribution is 5.80. The van der Waals surface area contributed by atoms with E-state index in [0.717, 1.165) is 11.3 Å². The van der Waals surface area contributed by atoms with Crippen LogP contribution in [-0.4, -0.2) is 45.3 Å². The highest BCUT2D eigenvalue weighted by atomic mass is 16.2. The van der Waals surface area contributed by atoms with Crippen molar-refractivity contribution in [3.63, 3.8) is 0 Å². The van der Waals surface area contributed by atoms with Gasteiger partial charge in [-0.15, -0.1) is 0 Å². The first kappa shape index (κ1) is 12.5. The molecule has 1 atom stereocenters. The van der Waals surface area contributed by atoms with Crippen LogP contribution in [0, 0.1) is 0 Å². The molecule has 0 spiro atoms. The maximum Gasteiger partial charge on any atom is 0.238 e. The summed E-state index contributed by atoms with van der Waals surface area (Å²) in [5.74, 6) is 0.0606. The van der Waals surface area contributed by atoms with Crippen LogP contribution in [0.2, 0.25) is 0 Å². The van der Waals surface area contributed by atoms with Crippen LogP contribution in [0.1, 0.15) is 12.6 Å². The second-order valence-corrected chi connectivity index (χ2v) is 4.39. The van der Waals surface area contributed by atoms with Gasteiger partial charge in [-0.3, -0.25) is 14.2 Å². The van der Waals surface area contributed by atoms with Crippen LogP contribution >= 0.6 is 0 Å². The SMILES string of the molecule is C[C@H](NCc1cnc2cnccn12)C(=O)N(C)C. The summed E-state index contributed by atoms with van der Waals surface area (Å²) in [5.41, 5.74) is 1.81. The summed E-state index contributed by atoms with van der Waals surface area (Å²) in [4.78, 5) is 21.5. The Morgan fingerprint density at radius 1 is 1.50 bits per heavy atom. The molecule has 0 aliphatic heterocycles. The molecule has 0 unspecified atom stereocenters. The second-order valence-electron chi connectivity index (χ2n) is 4.39. The molecule has 1 amide bonds. The number of aromatic nitrogens is 3. The van der Waals surface area contributed by atoms with Gasteiger partial charge < -0.3 is 10.2 Å². The van der Waals surface area contributed by atoms with Gasteiger partial charge in [-0.1, -0.05) is 0 Å². The summed E-state index contributed by atoms with van der Waals surface area (Å²) in [6, 6.07) is -0.215. The zero-order valence-electron chi connectivity index (χ0n) is 10.8. The average molecular weight is 247 g/mol. The van der Waals surface area contributed by atoms with Crippen LogP contribution in [0.15, 0.2) is 24.8 Å². The summed E-state index contributed by atoms with van der Waals surface area (Å²) in [6.07, 6.45) is 7.07. The van der Waals surface area contributed by atoms with Gasteiger partial charge in [0.1, 0.15) is 0 Å². The Labute approximate surface area is 106 Å². The number of carbonyl (C=O) groups is 1. The molecule has 1 N–H and O–H groups in total. The number of likely N-dealkylation sites (N-methyl/N-ethyl adjacent to an activating group) is 1. The standard InChI is InChI=1S/C12H17N5O/c1-9(12(18)16(2)3)14-6-10-7-15-11-8-13-4-5-17(10)11/h4-5,7-9,14H,6H2,1-3H3/t9-/m0/s1. The van der Waals surface area contributed by atoms with E-state index in [1.807, 2.05) is 17.5 Å². The molecule has 0 saturated carbocycles. The van der Waals surface area contributed by atoms with Crippen molar-refractivity contribution in [1.82, 2.24) is 24.6 Å². The van der Waals surface area contributed by atoms with Crippen molar-refractivity contribution in [3.8, 4) is 0 Å². The number of imidazole rings is 1. The minimum absolute atomic E-state index is 0.0606. The van der Waals surface area contributed by atoms with E-state index in [4.69, 9.17) is 0 Å². The van der Waals surface area contributed by atoms with Crippen molar-refractivity contribution >= 4 is 11.6 Å². The first-order valence-electron chi connectivity index (χ1n) is 5.80. The number of hydrogen-bond acceptors (Lipinski definition) is 4. The highest BCUT2D eigenvalue weighted by Crippen LogP contribution is 2.04. The molecule has 96 valence electrons. The number of fused-ring (bicyclic) bond motifs is 1. The molecule has 18 heavy (non-hydrogen) atoms. The van der Waals surface area contributed by atoms with Crippen molar-refractivity contribution in [2.75, 3.05) is 14.1 Å². The Kier molecular flexibility index (Phi) is 3.57. The molecule has 2 heterocycles. The van der Waals surface area contributed by atoms with Gasteiger partial charge in [-0.05, 0) is 6.92 Å². The summed E-state index contributed by atoms with van der Waals surface area (Å²) < 4.78 is 1.95. The van der Waals surface area contributed by atoms with Gasteiger partial charge >= 0.3 is 0 Å². The Hall–Kier alpha value is -1.95. The number of carbonyl (C=O) groups excluding carboxylic acids is 1. The van der Waals surface area contributed by atoms with Crippen LogP contribution in [0.4, 0.5) is 0 Å². The van der Waals surface area contributed by atoms with Crippen LogP contribution in [0.5, 0.6) is 0 Å². The van der Waals surface area contributed by atoms with E-state index >= 15 is 0 Å². The highest BCUT2D eigenvalue weighted by Gasteiger charge is 2.14. The third kappa shape index (κ3) is 2.48. The lowest BCUT2D eigenvalue weighted by Crippen LogP contribution is -2.41. The van der Waals surface area contributed by atoms with E-state index in [1.165, 1.54) is 0 Å². The Morgan fingerprint density at radius 3 is 3.00 bits per heavy atom. The molecule has 0 aromatic carbocycles. The fourth-order valence-electron chi connectivity index (χ4n) is 1.76. The fourth-order valence-corrected chi connectivity index (χ4v) is 1.76. The van der Waals surface area contributed by atoms with Gasteiger partial charge in [0, 0.05) is 33.0 Å². The van der Waals surface area contributed by atoms with Crippen LogP contribution < -0.4 is 5.32 Å². The molecule has 6 nitrogen and oxygen atoms in total. The monoisotopic (exact) mass is 247 g/mol. The van der Waals surface area contributed by atoms with E-state index in [9.17, 15) is 4.79 Å². The van der Waals surface area contributed by atoms with Gasteiger partial charge in [0.05, 0.1) is 24.1 Å². The number of amides is 1. The third-order valence-electron chi connectivity index (χ3n) is 2.79. The molecule has 0 fully saturated rings. The van der Waals surface area contributed by atoms with Crippen molar-refractivity contribution in [1.29, 1.82) is 0 Å². The van der Waals surface area contributed by atoms with Crippen LogP contribution in [-0.2, 0) is 11.3 Å². The largest absolute Gasteiger partial charge is 0.347 e. The van der Waals surface area contributed by atoms with Crippen LogP contribution in [0.3, 0.4) is 0 Å². The molecule has 0 bridgehead atoms. The normalized spacial score (nSPS) is 12.6. The van der Waals surface area contributed by atoms with Gasteiger partial charge in [-0.2, -0.15) is 0 Å². The van der Waals surface area contributed by atoms with Crippen molar-refractivity contribution < 1.29 is 4.79 Å². The van der Waals surface area contributed by atoms with Crippen molar-refractivity contribution in [3.05, 3.63) is 30.5 Å². The number of hydrogen-bond donors (Lipinski definition) is 1. The lowest BCUT2D eigenvalue weighted by atomic mass is 10.3. The predicted molar refractivity (Wildman–Crippen MR) is 68.0 cm³/mol. The number of nitrogens with one attached hydrogen (secondary N) is 1. The molecule has 2 aromatic heterocycles. The maximum atomic E-state index is 11.7. The molecule has 6 heteroatoms. The van der Waals surface area contributed by atoms with E-state index in [2.05, 4.69) is 15.3 Å². The second kappa shape index (κ2) is 5.14. The zero-order chi connectivity index (χ0) is 13.1. The fraction of sp³-hybridized carbons (Fsp3) is 0.417. The summed E-state index contributed by atoms with van der Waals surface area (Å²) in [5, 5.41) is 3.19. The molecule has 2 rings (SSSR count). The maximum absolute atomic E-state index is 11.7. The molecular weight excluding hydrogens is 230 g/mol. The summed E-state index contributed by atoms with van der Waals surface area (Å²) in [7, 11) is 3.50. The zero-order valence-corrected chi connectivity index (χ0v) is 10.8. The molecule has 0 saturated heterocycles. The molecule has 0 aliphatic rings. The van der Waals surface area contributed by atoms with Gasteiger partial charge in [0.25, 0.3) is 0 Å². The van der Waals surface area contributed by atoms with Gasteiger partial charge in [-0.25, -0.2) is 4.98 Å². The van der Waals surface area contributed by atoms with Crippen molar-refractivity contribution in [2.24, 2.45) is 0 Å². The molecule has 0 radical (unpaired) electrons. The minimum Gasteiger partial charge on any atom is -0.347 e. The topological polar surface area (TPSA) is 62.5 Å². The molecular formula is C12H17N5O. The van der Waals surface area contributed by atoms with Gasteiger partial charge in [0.15, 0.2) is 5.65 Å². The van der Waals surface area contributed by atoms with E-state index in [1.54, 1.807) is 37.6 Å². The van der Waals surface area contributed by atoms with Crippen molar-refractivity contribution in [2.45, 2.75) is 19.5 Å². The van der Waals surface area contributed by atoms with E-state index < -0.39 is 0 Å².